The van der Waals surface area contributed by atoms with Crippen LogP contribution < -0.4 is 19.5 Å². The third-order valence-corrected chi connectivity index (χ3v) is 2.85. The highest BCUT2D eigenvalue weighted by molar-refractivity contribution is 6.32. The molecule has 1 aromatic heterocycles. The fourth-order valence-electron chi connectivity index (χ4n) is 1.67. The van der Waals surface area contributed by atoms with Crippen molar-refractivity contribution in [2.75, 3.05) is 19.2 Å². The predicted molar refractivity (Wildman–Crippen MR) is 68.5 cm³/mol. The lowest BCUT2D eigenvalue weighted by atomic mass is 10.2. The van der Waals surface area contributed by atoms with Crippen LogP contribution >= 0.6 is 11.6 Å². The highest BCUT2D eigenvalue weighted by Gasteiger charge is 2.21. The molecule has 0 radical (unpaired) electrons. The number of aromatic amines is 1. The second kappa shape index (κ2) is 4.89. The Morgan fingerprint density at radius 1 is 1.50 bits per heavy atom. The van der Waals surface area contributed by atoms with Crippen molar-refractivity contribution in [2.45, 2.75) is 0 Å². The molecular weight excluding hydrogens is 288 g/mol. The van der Waals surface area contributed by atoms with Gasteiger partial charge in [0, 0.05) is 5.56 Å². The molecule has 0 fully saturated rings. The first-order valence-electron chi connectivity index (χ1n) is 5.54. The molecule has 0 aliphatic carbocycles. The molecule has 0 spiro atoms. The third kappa shape index (κ3) is 2.21. The number of hydrogen-bond acceptors (Lipinski definition) is 6. The maximum absolute atomic E-state index is 12.1. The van der Waals surface area contributed by atoms with Crippen LogP contribution in [0.2, 0.25) is 5.02 Å². The first kappa shape index (κ1) is 12.5. The zero-order chi connectivity index (χ0) is 14.1. The maximum atomic E-state index is 12.1. The summed E-state index contributed by atoms with van der Waals surface area (Å²) in [6.07, 6.45) is 0. The first-order chi connectivity index (χ1) is 9.67. The highest BCUT2D eigenvalue weighted by atomic mass is 35.5. The van der Waals surface area contributed by atoms with Gasteiger partial charge in [0.15, 0.2) is 11.5 Å². The standard InChI is InChI=1S/C11H9ClN4O4/c1-18-11-14-10(15-16-11)13-9(17)5-2-6(12)8-7(3-5)19-4-20-8/h2-3H,4H2,1H3,(H2,13,14,15,16,17). The Balaban J connectivity index is 1.82. The first-order valence-corrected chi connectivity index (χ1v) is 5.92. The molecule has 1 aliphatic heterocycles. The number of nitrogens with one attached hydrogen (secondary N) is 2. The van der Waals surface area contributed by atoms with Crippen molar-refractivity contribution in [1.82, 2.24) is 15.2 Å². The average Bonchev–Trinajstić information content (AvgIpc) is 3.07. The Kier molecular flexibility index (Phi) is 3.07. The Morgan fingerprint density at radius 2 is 2.35 bits per heavy atom. The molecule has 0 unspecified atom stereocenters. The van der Waals surface area contributed by atoms with Crippen molar-refractivity contribution in [3.05, 3.63) is 22.7 Å². The third-order valence-electron chi connectivity index (χ3n) is 2.57. The normalized spacial score (nSPS) is 12.3. The largest absolute Gasteiger partial charge is 0.466 e. The van der Waals surface area contributed by atoms with E-state index < -0.39 is 5.91 Å². The number of halogens is 1. The molecule has 0 bridgehead atoms. The van der Waals surface area contributed by atoms with Crippen LogP contribution in [0.15, 0.2) is 12.1 Å². The van der Waals surface area contributed by atoms with Gasteiger partial charge in [-0.1, -0.05) is 11.6 Å². The van der Waals surface area contributed by atoms with Crippen molar-refractivity contribution in [3.8, 4) is 17.5 Å². The lowest BCUT2D eigenvalue weighted by Gasteiger charge is -2.04. The SMILES string of the molecule is COc1n[nH]c(NC(=O)c2cc(Cl)c3c(c2)OCO3)n1. The highest BCUT2D eigenvalue weighted by Crippen LogP contribution is 2.39. The van der Waals surface area contributed by atoms with E-state index >= 15 is 0 Å². The molecule has 2 heterocycles. The Labute approximate surface area is 118 Å². The van der Waals surface area contributed by atoms with Crippen LogP contribution in [-0.4, -0.2) is 35.0 Å². The summed E-state index contributed by atoms with van der Waals surface area (Å²) in [6, 6.07) is 3.15. The van der Waals surface area contributed by atoms with Crippen molar-refractivity contribution < 1.29 is 19.0 Å². The van der Waals surface area contributed by atoms with Gasteiger partial charge < -0.3 is 14.2 Å². The summed E-state index contributed by atoms with van der Waals surface area (Å²) in [5, 5.41) is 9.06. The maximum Gasteiger partial charge on any atom is 0.336 e. The molecule has 1 aromatic carbocycles. The van der Waals surface area contributed by atoms with Gasteiger partial charge in [-0.05, 0) is 12.1 Å². The molecular formula is C11H9ClN4O4. The van der Waals surface area contributed by atoms with E-state index in [0.717, 1.165) is 0 Å². The summed E-state index contributed by atoms with van der Waals surface area (Å²) in [4.78, 5) is 15.9. The molecule has 3 rings (SSSR count). The fourth-order valence-corrected chi connectivity index (χ4v) is 1.94. The number of H-pyrrole nitrogens is 1. The fraction of sp³-hybridized carbons (Fsp3) is 0.182. The summed E-state index contributed by atoms with van der Waals surface area (Å²) >= 11 is 6.01. The number of methoxy groups -OCH3 is 1. The number of amides is 1. The summed E-state index contributed by atoms with van der Waals surface area (Å²) in [5.74, 6) is 0.618. The second-order valence-electron chi connectivity index (χ2n) is 3.82. The summed E-state index contributed by atoms with van der Waals surface area (Å²) < 4.78 is 15.2. The number of carbonyl (C=O) groups excluding carboxylic acids is 1. The molecule has 1 aliphatic rings. The molecule has 104 valence electrons. The number of ether oxygens (including phenoxy) is 3. The van der Waals surface area contributed by atoms with Gasteiger partial charge in [-0.25, -0.2) is 5.10 Å². The molecule has 2 aromatic rings. The van der Waals surface area contributed by atoms with E-state index in [0.29, 0.717) is 22.1 Å². The monoisotopic (exact) mass is 296 g/mol. The molecule has 9 heteroatoms. The number of fused-ring (bicyclic) bond motifs is 1. The van der Waals surface area contributed by atoms with Gasteiger partial charge in [0.25, 0.3) is 5.91 Å². The number of nitrogens with zero attached hydrogens (tertiary/aromatic N) is 2. The van der Waals surface area contributed by atoms with Crippen molar-refractivity contribution >= 4 is 23.5 Å². The van der Waals surface area contributed by atoms with Gasteiger partial charge in [-0.2, -0.15) is 4.98 Å². The Bertz CT molecular complexity index is 672. The molecule has 0 saturated heterocycles. The van der Waals surface area contributed by atoms with E-state index in [1.54, 1.807) is 0 Å². The second-order valence-corrected chi connectivity index (χ2v) is 4.22. The molecule has 2 N–H and O–H groups in total. The number of rotatable bonds is 3. The van der Waals surface area contributed by atoms with E-state index in [1.807, 2.05) is 0 Å². The minimum atomic E-state index is -0.413. The quantitative estimate of drug-likeness (QED) is 0.889. The minimum absolute atomic E-state index is 0.0828. The minimum Gasteiger partial charge on any atom is -0.466 e. The molecule has 20 heavy (non-hydrogen) atoms. The van der Waals surface area contributed by atoms with Gasteiger partial charge in [0.2, 0.25) is 12.7 Å². The van der Waals surface area contributed by atoms with Gasteiger partial charge in [0.1, 0.15) is 0 Å². The van der Waals surface area contributed by atoms with Crippen molar-refractivity contribution in [3.63, 3.8) is 0 Å². The van der Waals surface area contributed by atoms with E-state index in [-0.39, 0.29) is 18.8 Å². The Morgan fingerprint density at radius 3 is 3.10 bits per heavy atom. The summed E-state index contributed by atoms with van der Waals surface area (Å²) in [5.41, 5.74) is 0.314. The molecule has 8 nitrogen and oxygen atoms in total. The van der Waals surface area contributed by atoms with Gasteiger partial charge in [-0.15, -0.1) is 5.10 Å². The lowest BCUT2D eigenvalue weighted by molar-refractivity contribution is 0.102. The van der Waals surface area contributed by atoms with Crippen molar-refractivity contribution in [1.29, 1.82) is 0 Å². The zero-order valence-corrected chi connectivity index (χ0v) is 11.0. The summed E-state index contributed by atoms with van der Waals surface area (Å²) in [6.45, 7) is 0.0828. The van der Waals surface area contributed by atoms with E-state index in [2.05, 4.69) is 20.5 Å². The van der Waals surface area contributed by atoms with E-state index in [4.69, 9.17) is 25.8 Å². The van der Waals surface area contributed by atoms with Crippen molar-refractivity contribution in [2.24, 2.45) is 0 Å². The van der Waals surface area contributed by atoms with Crippen LogP contribution in [-0.2, 0) is 0 Å². The zero-order valence-electron chi connectivity index (χ0n) is 10.3. The number of anilines is 1. The number of hydrogen-bond donors (Lipinski definition) is 2. The van der Waals surface area contributed by atoms with Crippen LogP contribution in [0, 0.1) is 0 Å². The average molecular weight is 297 g/mol. The van der Waals surface area contributed by atoms with Gasteiger partial charge in [0.05, 0.1) is 12.1 Å². The van der Waals surface area contributed by atoms with Crippen LogP contribution in [0.5, 0.6) is 17.5 Å². The lowest BCUT2D eigenvalue weighted by Crippen LogP contribution is -2.13. The van der Waals surface area contributed by atoms with Crippen LogP contribution in [0.1, 0.15) is 10.4 Å². The molecule has 1 amide bonds. The predicted octanol–water partition coefficient (Wildman–Crippen LogP) is 1.45. The number of aromatic nitrogens is 3. The van der Waals surface area contributed by atoms with Gasteiger partial charge in [-0.3, -0.25) is 10.1 Å². The van der Waals surface area contributed by atoms with Crippen LogP contribution in [0.3, 0.4) is 0 Å². The smallest absolute Gasteiger partial charge is 0.336 e. The van der Waals surface area contributed by atoms with Gasteiger partial charge >= 0.3 is 6.01 Å². The Hall–Kier alpha value is -2.48. The van der Waals surface area contributed by atoms with Crippen LogP contribution in [0.4, 0.5) is 5.95 Å². The molecule has 0 atom stereocenters. The number of benzene rings is 1. The molecule has 0 saturated carbocycles. The van der Waals surface area contributed by atoms with Crippen LogP contribution in [0.25, 0.3) is 0 Å². The topological polar surface area (TPSA) is 98.4 Å². The van der Waals surface area contributed by atoms with E-state index in [1.165, 1.54) is 19.2 Å². The number of carbonyl (C=O) groups is 1. The van der Waals surface area contributed by atoms with E-state index in [9.17, 15) is 4.79 Å². The summed E-state index contributed by atoms with van der Waals surface area (Å²) in [7, 11) is 1.42.